The van der Waals surface area contributed by atoms with Crippen molar-refractivity contribution in [3.63, 3.8) is 0 Å². The zero-order valence-electron chi connectivity index (χ0n) is 20.4. The zero-order valence-corrected chi connectivity index (χ0v) is 20.4. The van der Waals surface area contributed by atoms with Gasteiger partial charge >= 0.3 is 6.09 Å². The molecule has 2 saturated heterocycles. The first kappa shape index (κ1) is 24.8. The van der Waals surface area contributed by atoms with Crippen LogP contribution < -0.4 is 4.74 Å². The number of aliphatic hydroxyl groups is 1. The predicted octanol–water partition coefficient (Wildman–Crippen LogP) is 4.65. The molecule has 0 bridgehead atoms. The number of hydrogen-bond donors (Lipinski definition) is 1. The first-order chi connectivity index (χ1) is 15.2. The maximum atomic E-state index is 12.2. The molecule has 1 aromatic carbocycles. The lowest BCUT2D eigenvalue weighted by atomic mass is 9.84. The number of ether oxygens (including phenoxy) is 2. The van der Waals surface area contributed by atoms with E-state index in [1.807, 2.05) is 38.1 Å². The standard InChI is InChI=1S/C26H42N2O4/c1-21(2)19-32-24(29)28-16-12-26(30,13-17-28)22-7-9-23(10-8-22)31-18-6-15-27-14-5-11-25(3,4)20-27/h7-10,21,30H,5-6,11-20H2,1-4H3. The number of carbonyl (C=O) groups is 1. The molecular formula is C26H42N2O4. The molecule has 2 aliphatic rings. The maximum Gasteiger partial charge on any atom is 0.409 e. The van der Waals surface area contributed by atoms with E-state index in [1.165, 1.54) is 25.9 Å². The molecule has 0 atom stereocenters. The van der Waals surface area contributed by atoms with Crippen molar-refractivity contribution in [3.05, 3.63) is 29.8 Å². The molecule has 0 spiro atoms. The number of hydrogen-bond acceptors (Lipinski definition) is 5. The van der Waals surface area contributed by atoms with Gasteiger partial charge in [-0.2, -0.15) is 0 Å². The van der Waals surface area contributed by atoms with Crippen molar-refractivity contribution < 1.29 is 19.4 Å². The van der Waals surface area contributed by atoms with Crippen molar-refractivity contribution >= 4 is 6.09 Å². The van der Waals surface area contributed by atoms with Gasteiger partial charge in [-0.05, 0) is 67.7 Å². The van der Waals surface area contributed by atoms with Crippen molar-refractivity contribution in [2.24, 2.45) is 11.3 Å². The number of piperidine rings is 2. The van der Waals surface area contributed by atoms with Crippen molar-refractivity contribution in [1.29, 1.82) is 0 Å². The Kier molecular flexibility index (Phi) is 8.45. The Balaban J connectivity index is 1.41. The molecule has 0 aliphatic carbocycles. The summed E-state index contributed by atoms with van der Waals surface area (Å²) in [4.78, 5) is 16.4. The summed E-state index contributed by atoms with van der Waals surface area (Å²) in [5.41, 5.74) is 0.407. The van der Waals surface area contributed by atoms with Gasteiger partial charge in [0.1, 0.15) is 5.75 Å². The van der Waals surface area contributed by atoms with Crippen molar-refractivity contribution in [3.8, 4) is 5.75 Å². The molecule has 2 aliphatic heterocycles. The summed E-state index contributed by atoms with van der Waals surface area (Å²) in [6.07, 6.45) is 4.36. The minimum atomic E-state index is -0.908. The third-order valence-corrected chi connectivity index (χ3v) is 6.65. The van der Waals surface area contributed by atoms with Crippen molar-refractivity contribution in [2.75, 3.05) is 45.9 Å². The Labute approximate surface area is 193 Å². The van der Waals surface area contributed by atoms with Gasteiger partial charge in [-0.1, -0.05) is 39.8 Å². The van der Waals surface area contributed by atoms with Crippen LogP contribution in [0.15, 0.2) is 24.3 Å². The van der Waals surface area contributed by atoms with Crippen LogP contribution in [0.25, 0.3) is 0 Å². The largest absolute Gasteiger partial charge is 0.494 e. The minimum absolute atomic E-state index is 0.280. The lowest BCUT2D eigenvalue weighted by Crippen LogP contribution is -2.45. The molecular weight excluding hydrogens is 404 g/mol. The smallest absolute Gasteiger partial charge is 0.409 e. The second kappa shape index (κ2) is 10.9. The fourth-order valence-corrected chi connectivity index (χ4v) is 4.75. The summed E-state index contributed by atoms with van der Waals surface area (Å²) >= 11 is 0. The molecule has 0 unspecified atom stereocenters. The molecule has 1 N–H and O–H groups in total. The quantitative estimate of drug-likeness (QED) is 0.589. The number of likely N-dealkylation sites (tertiary alicyclic amines) is 2. The van der Waals surface area contributed by atoms with E-state index in [0.717, 1.165) is 24.3 Å². The SMILES string of the molecule is CC(C)COC(=O)N1CCC(O)(c2ccc(OCCCN3CCCC(C)(C)C3)cc2)CC1. The number of rotatable bonds is 8. The molecule has 1 amide bonds. The van der Waals surface area contributed by atoms with Crippen LogP contribution in [0, 0.1) is 11.3 Å². The van der Waals surface area contributed by atoms with Crippen LogP contribution in [0.4, 0.5) is 4.79 Å². The van der Waals surface area contributed by atoms with Crippen LogP contribution in [-0.2, 0) is 10.3 Å². The number of benzene rings is 1. The third-order valence-electron chi connectivity index (χ3n) is 6.65. The monoisotopic (exact) mass is 446 g/mol. The van der Waals surface area contributed by atoms with Gasteiger partial charge < -0.3 is 24.4 Å². The van der Waals surface area contributed by atoms with E-state index in [1.54, 1.807) is 4.90 Å². The highest BCUT2D eigenvalue weighted by Gasteiger charge is 2.36. The van der Waals surface area contributed by atoms with E-state index in [4.69, 9.17) is 9.47 Å². The molecule has 180 valence electrons. The van der Waals surface area contributed by atoms with Gasteiger partial charge in [0.15, 0.2) is 0 Å². The first-order valence-electron chi connectivity index (χ1n) is 12.3. The molecule has 6 heteroatoms. The van der Waals surface area contributed by atoms with Crippen LogP contribution >= 0.6 is 0 Å². The normalized spacial score (nSPS) is 20.9. The molecule has 6 nitrogen and oxygen atoms in total. The second-order valence-corrected chi connectivity index (χ2v) is 10.8. The Bertz CT molecular complexity index is 724. The van der Waals surface area contributed by atoms with E-state index < -0.39 is 5.60 Å². The van der Waals surface area contributed by atoms with Crippen LogP contribution in [0.5, 0.6) is 5.75 Å². The minimum Gasteiger partial charge on any atom is -0.494 e. The summed E-state index contributed by atoms with van der Waals surface area (Å²) in [5.74, 6) is 1.16. The molecule has 0 radical (unpaired) electrons. The summed E-state index contributed by atoms with van der Waals surface area (Å²) < 4.78 is 11.3. The fourth-order valence-electron chi connectivity index (χ4n) is 4.75. The molecule has 1 aromatic rings. The van der Waals surface area contributed by atoms with E-state index in [9.17, 15) is 9.90 Å². The average Bonchev–Trinajstić information content (AvgIpc) is 2.75. The lowest BCUT2D eigenvalue weighted by Gasteiger charge is -2.38. The highest BCUT2D eigenvalue weighted by molar-refractivity contribution is 5.67. The van der Waals surface area contributed by atoms with E-state index in [-0.39, 0.29) is 6.09 Å². The van der Waals surface area contributed by atoms with Gasteiger partial charge in [0.05, 0.1) is 18.8 Å². The molecule has 2 fully saturated rings. The lowest BCUT2D eigenvalue weighted by molar-refractivity contribution is -0.0256. The third kappa shape index (κ3) is 7.11. The molecule has 2 heterocycles. The topological polar surface area (TPSA) is 62.2 Å². The zero-order chi connectivity index (χ0) is 23.2. The molecule has 3 rings (SSSR count). The molecule has 0 saturated carbocycles. The van der Waals surface area contributed by atoms with Gasteiger partial charge in [-0.3, -0.25) is 0 Å². The summed E-state index contributed by atoms with van der Waals surface area (Å²) in [7, 11) is 0. The van der Waals surface area contributed by atoms with Gasteiger partial charge in [0.25, 0.3) is 0 Å². The van der Waals surface area contributed by atoms with Gasteiger partial charge in [0, 0.05) is 26.2 Å². The Morgan fingerprint density at radius 2 is 1.78 bits per heavy atom. The van der Waals surface area contributed by atoms with Crippen LogP contribution in [0.1, 0.15) is 65.4 Å². The average molecular weight is 447 g/mol. The number of nitrogens with zero attached hydrogens (tertiary/aromatic N) is 2. The van der Waals surface area contributed by atoms with Crippen molar-refractivity contribution in [1.82, 2.24) is 9.80 Å². The summed E-state index contributed by atoms with van der Waals surface area (Å²) in [6.45, 7) is 14.3. The van der Waals surface area contributed by atoms with Crippen LogP contribution in [-0.4, -0.2) is 66.9 Å². The maximum absolute atomic E-state index is 12.2. The first-order valence-corrected chi connectivity index (χ1v) is 12.3. The van der Waals surface area contributed by atoms with Crippen LogP contribution in [0.2, 0.25) is 0 Å². The van der Waals surface area contributed by atoms with E-state index in [0.29, 0.717) is 50.5 Å². The summed E-state index contributed by atoms with van der Waals surface area (Å²) in [6, 6.07) is 7.80. The Hall–Kier alpha value is -1.79. The predicted molar refractivity (Wildman–Crippen MR) is 127 cm³/mol. The number of carbonyl (C=O) groups excluding carboxylic acids is 1. The van der Waals surface area contributed by atoms with E-state index in [2.05, 4.69) is 18.7 Å². The van der Waals surface area contributed by atoms with E-state index >= 15 is 0 Å². The van der Waals surface area contributed by atoms with Gasteiger partial charge in [0.2, 0.25) is 0 Å². The molecule has 32 heavy (non-hydrogen) atoms. The Morgan fingerprint density at radius 1 is 1.09 bits per heavy atom. The Morgan fingerprint density at radius 3 is 2.41 bits per heavy atom. The fraction of sp³-hybridized carbons (Fsp3) is 0.731. The van der Waals surface area contributed by atoms with Crippen molar-refractivity contribution in [2.45, 2.75) is 65.4 Å². The highest BCUT2D eigenvalue weighted by atomic mass is 16.6. The van der Waals surface area contributed by atoms with Gasteiger partial charge in [-0.15, -0.1) is 0 Å². The second-order valence-electron chi connectivity index (χ2n) is 10.8. The van der Waals surface area contributed by atoms with Gasteiger partial charge in [-0.25, -0.2) is 4.79 Å². The molecule has 0 aromatic heterocycles. The summed E-state index contributed by atoms with van der Waals surface area (Å²) in [5, 5.41) is 11.1. The number of amides is 1. The van der Waals surface area contributed by atoms with Crippen LogP contribution in [0.3, 0.4) is 0 Å². The highest BCUT2D eigenvalue weighted by Crippen LogP contribution is 2.34.